The van der Waals surface area contributed by atoms with Gasteiger partial charge in [-0.1, -0.05) is 30.4 Å². The van der Waals surface area contributed by atoms with Crippen molar-refractivity contribution in [1.82, 2.24) is 0 Å². The van der Waals surface area contributed by atoms with Crippen LogP contribution >= 0.6 is 0 Å². The Morgan fingerprint density at radius 3 is 2.40 bits per heavy atom. The molecule has 0 amide bonds. The zero-order valence-electron chi connectivity index (χ0n) is 6.59. The van der Waals surface area contributed by atoms with E-state index >= 15 is 0 Å². The third kappa shape index (κ3) is 3.25. The molecule has 0 aliphatic rings. The lowest BCUT2D eigenvalue weighted by Gasteiger charge is -1.97. The molecule has 0 unspecified atom stereocenters. The summed E-state index contributed by atoms with van der Waals surface area (Å²) in [5, 5.41) is 8.78. The Kier molecular flexibility index (Phi) is 4.59. The average molecular weight is 138 g/mol. The number of allylic oxidation sites excluding steroid dienone is 3. The van der Waals surface area contributed by atoms with Crippen LogP contribution in [0.3, 0.4) is 0 Å². The van der Waals surface area contributed by atoms with Gasteiger partial charge in [-0.3, -0.25) is 0 Å². The molecule has 0 bridgehead atoms. The van der Waals surface area contributed by atoms with E-state index in [0.717, 1.165) is 11.1 Å². The molecular formula is C9H14O. The quantitative estimate of drug-likeness (QED) is 0.592. The first-order valence-corrected chi connectivity index (χ1v) is 3.28. The fraction of sp³-hybridized carbons (Fsp3) is 0.333. The summed E-state index contributed by atoms with van der Waals surface area (Å²) in [7, 11) is 0. The van der Waals surface area contributed by atoms with E-state index in [1.807, 2.05) is 26.0 Å². The molecular weight excluding hydrogens is 124 g/mol. The minimum Gasteiger partial charge on any atom is -0.392 e. The Bertz CT molecular complexity index is 160. The normalized spacial score (nSPS) is 9.90. The van der Waals surface area contributed by atoms with Gasteiger partial charge in [0, 0.05) is 0 Å². The lowest BCUT2D eigenvalue weighted by molar-refractivity contribution is 0.334. The van der Waals surface area contributed by atoms with Crippen LogP contribution in [0.1, 0.15) is 13.8 Å². The highest BCUT2D eigenvalue weighted by Crippen LogP contribution is 2.03. The molecule has 0 saturated carbocycles. The third-order valence-electron chi connectivity index (χ3n) is 1.25. The van der Waals surface area contributed by atoms with Crippen molar-refractivity contribution in [2.24, 2.45) is 0 Å². The van der Waals surface area contributed by atoms with Crippen LogP contribution in [-0.4, -0.2) is 11.7 Å². The zero-order valence-corrected chi connectivity index (χ0v) is 6.59. The minimum atomic E-state index is 0.104. The number of aliphatic hydroxyl groups is 1. The van der Waals surface area contributed by atoms with Crippen molar-refractivity contribution in [3.05, 3.63) is 36.0 Å². The van der Waals surface area contributed by atoms with Crippen LogP contribution in [0.4, 0.5) is 0 Å². The standard InChI is InChI=1S/C9H14O/c1-4-5-6-9(7-10)8(2)3/h4-6,10H,1,7H2,2-3H3/b6-5-. The molecule has 1 nitrogen and oxygen atoms in total. The summed E-state index contributed by atoms with van der Waals surface area (Å²) in [5.41, 5.74) is 2.10. The largest absolute Gasteiger partial charge is 0.392 e. The molecule has 0 aliphatic heterocycles. The molecule has 0 rings (SSSR count). The molecule has 10 heavy (non-hydrogen) atoms. The smallest absolute Gasteiger partial charge is 0.0681 e. The second-order valence-corrected chi connectivity index (χ2v) is 2.28. The first kappa shape index (κ1) is 9.18. The highest BCUT2D eigenvalue weighted by atomic mass is 16.3. The summed E-state index contributed by atoms with van der Waals surface area (Å²) < 4.78 is 0. The predicted molar refractivity (Wildman–Crippen MR) is 44.8 cm³/mol. The lowest BCUT2D eigenvalue weighted by Crippen LogP contribution is -1.87. The molecule has 1 heteroatoms. The van der Waals surface area contributed by atoms with Gasteiger partial charge in [-0.05, 0) is 19.4 Å². The van der Waals surface area contributed by atoms with E-state index in [0.29, 0.717) is 0 Å². The highest BCUT2D eigenvalue weighted by Gasteiger charge is 1.89. The van der Waals surface area contributed by atoms with Gasteiger partial charge in [-0.2, -0.15) is 0 Å². The van der Waals surface area contributed by atoms with Gasteiger partial charge >= 0.3 is 0 Å². The van der Waals surface area contributed by atoms with Crippen LogP contribution in [0.5, 0.6) is 0 Å². The molecule has 1 N–H and O–H groups in total. The highest BCUT2D eigenvalue weighted by molar-refractivity contribution is 5.25. The maximum atomic E-state index is 8.78. The SMILES string of the molecule is C=C/C=C\C(CO)=C(C)C. The average Bonchev–Trinajstić information content (AvgIpc) is 1.89. The van der Waals surface area contributed by atoms with Crippen molar-refractivity contribution < 1.29 is 5.11 Å². The van der Waals surface area contributed by atoms with Crippen molar-refractivity contribution in [1.29, 1.82) is 0 Å². The first-order chi connectivity index (χ1) is 4.72. The van der Waals surface area contributed by atoms with Gasteiger partial charge in [0.2, 0.25) is 0 Å². The van der Waals surface area contributed by atoms with Crippen LogP contribution in [0.25, 0.3) is 0 Å². The van der Waals surface area contributed by atoms with E-state index in [-0.39, 0.29) is 6.61 Å². The van der Waals surface area contributed by atoms with Crippen molar-refractivity contribution in [2.45, 2.75) is 13.8 Å². The zero-order chi connectivity index (χ0) is 7.98. The Hall–Kier alpha value is -0.820. The number of rotatable bonds is 3. The molecule has 0 aliphatic carbocycles. The second kappa shape index (κ2) is 5.00. The van der Waals surface area contributed by atoms with Gasteiger partial charge in [0.15, 0.2) is 0 Å². The Labute approximate surface area is 62.4 Å². The maximum Gasteiger partial charge on any atom is 0.0681 e. The monoisotopic (exact) mass is 138 g/mol. The van der Waals surface area contributed by atoms with Gasteiger partial charge in [-0.15, -0.1) is 0 Å². The van der Waals surface area contributed by atoms with Gasteiger partial charge in [0.1, 0.15) is 0 Å². The predicted octanol–water partition coefficient (Wildman–Crippen LogP) is 2.06. The van der Waals surface area contributed by atoms with Crippen molar-refractivity contribution in [3.63, 3.8) is 0 Å². The Balaban J connectivity index is 4.23. The molecule has 56 valence electrons. The van der Waals surface area contributed by atoms with Crippen LogP contribution in [0, 0.1) is 0 Å². The molecule has 0 heterocycles. The second-order valence-electron chi connectivity index (χ2n) is 2.28. The molecule has 0 spiro atoms. The van der Waals surface area contributed by atoms with E-state index in [9.17, 15) is 0 Å². The van der Waals surface area contributed by atoms with E-state index in [4.69, 9.17) is 5.11 Å². The van der Waals surface area contributed by atoms with Crippen LogP contribution < -0.4 is 0 Å². The Morgan fingerprint density at radius 1 is 1.50 bits per heavy atom. The topological polar surface area (TPSA) is 20.2 Å². The molecule has 0 aromatic rings. The summed E-state index contributed by atoms with van der Waals surface area (Å²) in [5.74, 6) is 0. The van der Waals surface area contributed by atoms with Crippen LogP contribution in [0.15, 0.2) is 36.0 Å². The Morgan fingerprint density at radius 2 is 2.10 bits per heavy atom. The summed E-state index contributed by atoms with van der Waals surface area (Å²) >= 11 is 0. The van der Waals surface area contributed by atoms with E-state index < -0.39 is 0 Å². The van der Waals surface area contributed by atoms with Crippen molar-refractivity contribution >= 4 is 0 Å². The van der Waals surface area contributed by atoms with Gasteiger partial charge < -0.3 is 5.11 Å². The molecule has 0 aromatic carbocycles. The summed E-state index contributed by atoms with van der Waals surface area (Å²) in [6.07, 6.45) is 5.37. The maximum absolute atomic E-state index is 8.78. The fourth-order valence-electron chi connectivity index (χ4n) is 0.562. The van der Waals surface area contributed by atoms with Crippen molar-refractivity contribution in [3.8, 4) is 0 Å². The summed E-state index contributed by atoms with van der Waals surface area (Å²) in [4.78, 5) is 0. The molecule has 0 aromatic heterocycles. The van der Waals surface area contributed by atoms with Crippen LogP contribution in [-0.2, 0) is 0 Å². The number of hydrogen-bond acceptors (Lipinski definition) is 1. The van der Waals surface area contributed by atoms with E-state index in [1.54, 1.807) is 6.08 Å². The number of aliphatic hydroxyl groups excluding tert-OH is 1. The fourth-order valence-corrected chi connectivity index (χ4v) is 0.562. The van der Waals surface area contributed by atoms with Crippen LogP contribution in [0.2, 0.25) is 0 Å². The van der Waals surface area contributed by atoms with Gasteiger partial charge in [0.05, 0.1) is 6.61 Å². The molecule has 0 atom stereocenters. The van der Waals surface area contributed by atoms with E-state index in [2.05, 4.69) is 6.58 Å². The van der Waals surface area contributed by atoms with Gasteiger partial charge in [-0.25, -0.2) is 0 Å². The van der Waals surface area contributed by atoms with E-state index in [1.165, 1.54) is 0 Å². The molecule has 0 saturated heterocycles. The van der Waals surface area contributed by atoms with Gasteiger partial charge in [0.25, 0.3) is 0 Å². The summed E-state index contributed by atoms with van der Waals surface area (Å²) in [6.45, 7) is 7.58. The molecule has 0 radical (unpaired) electrons. The number of hydrogen-bond donors (Lipinski definition) is 1. The minimum absolute atomic E-state index is 0.104. The summed E-state index contributed by atoms with van der Waals surface area (Å²) in [6, 6.07) is 0. The third-order valence-corrected chi connectivity index (χ3v) is 1.25. The first-order valence-electron chi connectivity index (χ1n) is 3.28. The molecule has 0 fully saturated rings. The lowest BCUT2D eigenvalue weighted by atomic mass is 10.1. The van der Waals surface area contributed by atoms with Crippen molar-refractivity contribution in [2.75, 3.05) is 6.61 Å².